The van der Waals surface area contributed by atoms with Gasteiger partial charge in [-0.25, -0.2) is 4.79 Å². The van der Waals surface area contributed by atoms with E-state index in [4.69, 9.17) is 0 Å². The molecule has 0 aliphatic heterocycles. The van der Waals surface area contributed by atoms with Gasteiger partial charge in [0, 0.05) is 5.56 Å². The number of methoxy groups -OCH3 is 1. The van der Waals surface area contributed by atoms with Crippen LogP contribution in [0.15, 0.2) is 72.8 Å². The van der Waals surface area contributed by atoms with Crippen LogP contribution in [-0.4, -0.2) is 18.2 Å². The lowest BCUT2D eigenvalue weighted by Gasteiger charge is -2.07. The van der Waals surface area contributed by atoms with Crippen molar-refractivity contribution in [1.29, 1.82) is 0 Å². The molecule has 3 aromatic carbocycles. The third-order valence-corrected chi connectivity index (χ3v) is 4.27. The van der Waals surface area contributed by atoms with Gasteiger partial charge in [-0.05, 0) is 72.2 Å². The van der Waals surface area contributed by atoms with Gasteiger partial charge in [0.1, 0.15) is 5.75 Å². The van der Waals surface area contributed by atoms with Crippen molar-refractivity contribution >= 4 is 12.0 Å². The lowest BCUT2D eigenvalue weighted by Crippen LogP contribution is -2.00. The van der Waals surface area contributed by atoms with E-state index in [-0.39, 0.29) is 11.7 Å². The van der Waals surface area contributed by atoms with Crippen molar-refractivity contribution in [3.05, 3.63) is 95.1 Å². The van der Waals surface area contributed by atoms with Crippen molar-refractivity contribution in [3.8, 4) is 28.7 Å². The van der Waals surface area contributed by atoms with Gasteiger partial charge in [-0.15, -0.1) is 0 Å². The second-order valence-corrected chi connectivity index (χ2v) is 6.31. The lowest BCUT2D eigenvalue weighted by molar-refractivity contribution is 0.0600. The molecule has 28 heavy (non-hydrogen) atoms. The predicted molar refractivity (Wildman–Crippen MR) is 112 cm³/mol. The Morgan fingerprint density at radius 1 is 1.00 bits per heavy atom. The highest BCUT2D eigenvalue weighted by atomic mass is 16.5. The standard InChI is InChI=1S/C25H20O3/c1-18-7-11-20(12-8-18)24-16-15-23(26)17-22(24)6-4-3-5-19-9-13-21(14-10-19)25(27)28-2/h4,6-17,26H,1-2H3. The fraction of sp³-hybridized carbons (Fsp3) is 0.0800. The number of benzene rings is 3. The van der Waals surface area contributed by atoms with Gasteiger partial charge in [-0.2, -0.15) is 0 Å². The number of hydrogen-bond acceptors (Lipinski definition) is 3. The molecule has 0 fully saturated rings. The summed E-state index contributed by atoms with van der Waals surface area (Å²) < 4.78 is 4.68. The summed E-state index contributed by atoms with van der Waals surface area (Å²) in [6.07, 6.45) is 3.63. The minimum absolute atomic E-state index is 0.210. The number of allylic oxidation sites excluding steroid dienone is 1. The van der Waals surface area contributed by atoms with E-state index < -0.39 is 0 Å². The number of aryl methyl sites for hydroxylation is 1. The summed E-state index contributed by atoms with van der Waals surface area (Å²) in [6, 6.07) is 20.5. The highest BCUT2D eigenvalue weighted by molar-refractivity contribution is 5.89. The van der Waals surface area contributed by atoms with Gasteiger partial charge in [-0.3, -0.25) is 0 Å². The number of phenols is 1. The maximum Gasteiger partial charge on any atom is 0.337 e. The van der Waals surface area contributed by atoms with E-state index in [1.54, 1.807) is 42.5 Å². The van der Waals surface area contributed by atoms with E-state index in [0.29, 0.717) is 5.56 Å². The molecule has 0 bridgehead atoms. The van der Waals surface area contributed by atoms with Gasteiger partial charge in [0.05, 0.1) is 12.7 Å². The van der Waals surface area contributed by atoms with E-state index in [0.717, 1.165) is 22.3 Å². The quantitative estimate of drug-likeness (QED) is 0.509. The maximum atomic E-state index is 11.4. The Bertz CT molecular complexity index is 1060. The third kappa shape index (κ3) is 4.69. The highest BCUT2D eigenvalue weighted by Crippen LogP contribution is 2.28. The van der Waals surface area contributed by atoms with E-state index in [9.17, 15) is 9.90 Å². The monoisotopic (exact) mass is 368 g/mol. The summed E-state index contributed by atoms with van der Waals surface area (Å²) in [6.45, 7) is 2.05. The van der Waals surface area contributed by atoms with E-state index in [2.05, 4.69) is 47.8 Å². The summed E-state index contributed by atoms with van der Waals surface area (Å²) in [5, 5.41) is 9.85. The van der Waals surface area contributed by atoms with Crippen LogP contribution in [0, 0.1) is 18.8 Å². The summed E-state index contributed by atoms with van der Waals surface area (Å²) in [7, 11) is 1.35. The minimum Gasteiger partial charge on any atom is -0.508 e. The van der Waals surface area contributed by atoms with Gasteiger partial charge in [-0.1, -0.05) is 47.7 Å². The first-order valence-corrected chi connectivity index (χ1v) is 8.83. The van der Waals surface area contributed by atoms with Crippen LogP contribution in [0.1, 0.15) is 27.0 Å². The molecule has 3 rings (SSSR count). The molecule has 3 nitrogen and oxygen atoms in total. The molecule has 0 aromatic heterocycles. The Hall–Kier alpha value is -3.77. The number of aromatic hydroxyl groups is 1. The molecule has 0 atom stereocenters. The van der Waals surface area contributed by atoms with Crippen molar-refractivity contribution in [1.82, 2.24) is 0 Å². The molecule has 3 heteroatoms. The molecule has 0 unspecified atom stereocenters. The van der Waals surface area contributed by atoms with E-state index >= 15 is 0 Å². The topological polar surface area (TPSA) is 46.5 Å². The zero-order valence-electron chi connectivity index (χ0n) is 15.8. The first-order chi connectivity index (χ1) is 13.6. The molecule has 0 radical (unpaired) electrons. The van der Waals surface area contributed by atoms with Crippen LogP contribution in [-0.2, 0) is 4.74 Å². The second-order valence-electron chi connectivity index (χ2n) is 6.31. The van der Waals surface area contributed by atoms with Crippen LogP contribution in [0.3, 0.4) is 0 Å². The Balaban J connectivity index is 1.81. The highest BCUT2D eigenvalue weighted by Gasteiger charge is 2.04. The number of rotatable bonds is 3. The SMILES string of the molecule is COC(=O)c1ccc(C#CC=Cc2cc(O)ccc2-c2ccc(C)cc2)cc1. The van der Waals surface area contributed by atoms with Crippen LogP contribution in [0.25, 0.3) is 17.2 Å². The van der Waals surface area contributed by atoms with Crippen molar-refractivity contribution in [2.75, 3.05) is 7.11 Å². The predicted octanol–water partition coefficient (Wildman–Crippen LogP) is 5.22. The van der Waals surface area contributed by atoms with Crippen LogP contribution >= 0.6 is 0 Å². The molecule has 138 valence electrons. The summed E-state index contributed by atoms with van der Waals surface area (Å²) in [5.74, 6) is 5.86. The molecule has 0 heterocycles. The molecule has 3 aromatic rings. The van der Waals surface area contributed by atoms with Crippen molar-refractivity contribution in [3.63, 3.8) is 0 Å². The second kappa shape index (κ2) is 8.75. The number of ether oxygens (including phenoxy) is 1. The summed E-state index contributed by atoms with van der Waals surface area (Å²) >= 11 is 0. The van der Waals surface area contributed by atoms with Gasteiger partial charge < -0.3 is 9.84 Å². The smallest absolute Gasteiger partial charge is 0.337 e. The lowest BCUT2D eigenvalue weighted by atomic mass is 9.98. The first-order valence-electron chi connectivity index (χ1n) is 8.83. The Morgan fingerprint density at radius 2 is 1.71 bits per heavy atom. The normalized spacial score (nSPS) is 10.4. The van der Waals surface area contributed by atoms with Crippen molar-refractivity contribution in [2.24, 2.45) is 0 Å². The number of carbonyl (C=O) groups is 1. The van der Waals surface area contributed by atoms with Crippen LogP contribution in [0.4, 0.5) is 0 Å². The van der Waals surface area contributed by atoms with Gasteiger partial charge in [0.2, 0.25) is 0 Å². The van der Waals surface area contributed by atoms with Gasteiger partial charge >= 0.3 is 5.97 Å². The fourth-order valence-electron chi connectivity index (χ4n) is 2.75. The summed E-state index contributed by atoms with van der Waals surface area (Å²) in [5.41, 5.74) is 5.48. The molecule has 0 spiro atoms. The molecule has 1 N–H and O–H groups in total. The van der Waals surface area contributed by atoms with Crippen molar-refractivity contribution in [2.45, 2.75) is 6.92 Å². The number of phenolic OH excluding ortho intramolecular Hbond substituents is 1. The van der Waals surface area contributed by atoms with Gasteiger partial charge in [0.15, 0.2) is 0 Å². The van der Waals surface area contributed by atoms with Gasteiger partial charge in [0.25, 0.3) is 0 Å². The van der Waals surface area contributed by atoms with E-state index in [1.807, 2.05) is 12.1 Å². The fourth-order valence-corrected chi connectivity index (χ4v) is 2.75. The average Bonchev–Trinajstić information content (AvgIpc) is 2.72. The van der Waals surface area contributed by atoms with Crippen LogP contribution < -0.4 is 0 Å². The molecule has 0 aliphatic rings. The average molecular weight is 368 g/mol. The third-order valence-electron chi connectivity index (χ3n) is 4.27. The van der Waals surface area contributed by atoms with E-state index in [1.165, 1.54) is 12.7 Å². The van der Waals surface area contributed by atoms with Crippen LogP contribution in [0.5, 0.6) is 5.75 Å². The zero-order chi connectivity index (χ0) is 19.9. The zero-order valence-corrected chi connectivity index (χ0v) is 15.8. The Morgan fingerprint density at radius 3 is 2.39 bits per heavy atom. The number of hydrogen-bond donors (Lipinski definition) is 1. The number of carbonyl (C=O) groups excluding carboxylic acids is 1. The molecule has 0 amide bonds. The molecule has 0 saturated heterocycles. The molecule has 0 saturated carbocycles. The first kappa shape index (κ1) is 19.0. The molecular weight excluding hydrogens is 348 g/mol. The Kier molecular flexibility index (Phi) is 5.94. The largest absolute Gasteiger partial charge is 0.508 e. The summed E-state index contributed by atoms with van der Waals surface area (Å²) in [4.78, 5) is 11.4. The minimum atomic E-state index is -0.369. The Labute approximate surface area is 164 Å². The van der Waals surface area contributed by atoms with Crippen molar-refractivity contribution < 1.29 is 14.6 Å². The number of esters is 1. The molecular formula is C25H20O3. The molecule has 0 aliphatic carbocycles. The maximum absolute atomic E-state index is 11.4. The van der Waals surface area contributed by atoms with Crippen LogP contribution in [0.2, 0.25) is 0 Å².